The smallest absolute Gasteiger partial charge is 0.0746 e. The normalized spacial score (nSPS) is 13.0. The van der Waals surface area contributed by atoms with E-state index in [9.17, 15) is 0 Å². The Morgan fingerprint density at radius 1 is 0.857 bits per heavy atom. The predicted molar refractivity (Wildman–Crippen MR) is 68.2 cm³/mol. The maximum atomic E-state index is 2.53. The minimum atomic E-state index is 0.430. The highest BCUT2D eigenvalue weighted by molar-refractivity contribution is 6.39. The molecule has 0 N–H and O–H groups in total. The molecule has 0 fully saturated rings. The molecule has 0 aromatic rings. The van der Waals surface area contributed by atoms with Crippen LogP contribution in [0.2, 0.25) is 11.6 Å². The predicted octanol–water partition coefficient (Wildman–Crippen LogP) is 4.93. The molecule has 0 nitrogen and oxygen atoms in total. The summed E-state index contributed by atoms with van der Waals surface area (Å²) in [6.45, 7) is 14.0. The van der Waals surface area contributed by atoms with Crippen LogP contribution in [-0.2, 0) is 0 Å². The van der Waals surface area contributed by atoms with Gasteiger partial charge in [0.15, 0.2) is 0 Å². The standard InChI is InChI=1S/C13H28B/c1-7-9-12(3,4)11-14-13(5,6)10-8-2/h7-11H2,1-6H3. The van der Waals surface area contributed by atoms with Crippen molar-refractivity contribution in [3.05, 3.63) is 0 Å². The van der Waals surface area contributed by atoms with Gasteiger partial charge in [-0.15, -0.1) is 0 Å². The quantitative estimate of drug-likeness (QED) is 0.505. The Hall–Kier alpha value is 0.0649. The molecule has 0 rings (SSSR count). The molecule has 0 saturated carbocycles. The van der Waals surface area contributed by atoms with Crippen LogP contribution in [-0.4, -0.2) is 7.28 Å². The van der Waals surface area contributed by atoms with Crippen LogP contribution < -0.4 is 0 Å². The first kappa shape index (κ1) is 14.1. The molecule has 0 saturated heterocycles. The van der Waals surface area contributed by atoms with E-state index in [1.54, 1.807) is 0 Å². The van der Waals surface area contributed by atoms with Crippen LogP contribution in [0.1, 0.15) is 67.2 Å². The van der Waals surface area contributed by atoms with Gasteiger partial charge in [-0.2, -0.15) is 0 Å². The molecule has 0 aliphatic carbocycles. The first-order valence-electron chi connectivity index (χ1n) is 6.17. The second kappa shape index (κ2) is 5.83. The van der Waals surface area contributed by atoms with Crippen molar-refractivity contribution >= 4 is 7.28 Å². The van der Waals surface area contributed by atoms with Crippen molar-refractivity contribution in [2.75, 3.05) is 0 Å². The van der Waals surface area contributed by atoms with Crippen LogP contribution in [0.5, 0.6) is 0 Å². The van der Waals surface area contributed by atoms with E-state index in [0.29, 0.717) is 10.7 Å². The van der Waals surface area contributed by atoms with Crippen LogP contribution in [0.3, 0.4) is 0 Å². The van der Waals surface area contributed by atoms with Gasteiger partial charge < -0.3 is 0 Å². The van der Waals surface area contributed by atoms with Gasteiger partial charge in [-0.3, -0.25) is 0 Å². The van der Waals surface area contributed by atoms with Gasteiger partial charge in [0.25, 0.3) is 0 Å². The Kier molecular flexibility index (Phi) is 5.85. The van der Waals surface area contributed by atoms with Crippen molar-refractivity contribution in [3.63, 3.8) is 0 Å². The molecule has 1 heteroatoms. The van der Waals surface area contributed by atoms with Crippen molar-refractivity contribution in [3.8, 4) is 0 Å². The van der Waals surface area contributed by atoms with Gasteiger partial charge in [-0.1, -0.05) is 72.4 Å². The lowest BCUT2D eigenvalue weighted by atomic mass is 9.47. The topological polar surface area (TPSA) is 0 Å². The second-order valence-corrected chi connectivity index (χ2v) is 6.06. The highest BCUT2D eigenvalue weighted by Crippen LogP contribution is 2.35. The third-order valence-corrected chi connectivity index (χ3v) is 3.03. The van der Waals surface area contributed by atoms with E-state index in [2.05, 4.69) is 48.8 Å². The first-order valence-corrected chi connectivity index (χ1v) is 6.17. The molecule has 83 valence electrons. The largest absolute Gasteiger partial charge is 0.117 e. The third-order valence-electron chi connectivity index (χ3n) is 3.03. The van der Waals surface area contributed by atoms with Crippen molar-refractivity contribution in [1.29, 1.82) is 0 Å². The minimum Gasteiger partial charge on any atom is -0.0746 e. The maximum absolute atomic E-state index is 2.53. The van der Waals surface area contributed by atoms with Crippen molar-refractivity contribution < 1.29 is 0 Å². The van der Waals surface area contributed by atoms with Crippen LogP contribution in [0.15, 0.2) is 0 Å². The summed E-state index contributed by atoms with van der Waals surface area (Å²) in [5, 5.41) is 0.430. The third kappa shape index (κ3) is 6.51. The second-order valence-electron chi connectivity index (χ2n) is 6.06. The van der Waals surface area contributed by atoms with Gasteiger partial charge in [-0.05, 0) is 11.8 Å². The highest BCUT2D eigenvalue weighted by Gasteiger charge is 2.23. The van der Waals surface area contributed by atoms with Gasteiger partial charge in [0.2, 0.25) is 0 Å². The molecule has 0 aliphatic rings. The van der Waals surface area contributed by atoms with Gasteiger partial charge >= 0.3 is 0 Å². The molecule has 0 aliphatic heterocycles. The molecule has 0 aromatic heterocycles. The molecule has 0 bridgehead atoms. The fourth-order valence-electron chi connectivity index (χ4n) is 2.08. The van der Waals surface area contributed by atoms with E-state index in [1.165, 1.54) is 32.0 Å². The van der Waals surface area contributed by atoms with Crippen LogP contribution in [0, 0.1) is 5.41 Å². The first-order chi connectivity index (χ1) is 6.33. The number of hydrogen-bond donors (Lipinski definition) is 0. The molecular formula is C13H28B. The summed E-state index contributed by atoms with van der Waals surface area (Å²) >= 11 is 0. The number of hydrogen-bond acceptors (Lipinski definition) is 0. The minimum absolute atomic E-state index is 0.430. The zero-order valence-corrected chi connectivity index (χ0v) is 11.1. The number of rotatable bonds is 7. The lowest BCUT2D eigenvalue weighted by molar-refractivity contribution is 0.367. The fraction of sp³-hybridized carbons (Fsp3) is 1.00. The van der Waals surface area contributed by atoms with Crippen LogP contribution >= 0.6 is 0 Å². The summed E-state index contributed by atoms with van der Waals surface area (Å²) < 4.78 is 0. The van der Waals surface area contributed by atoms with Gasteiger partial charge in [0, 0.05) is 0 Å². The van der Waals surface area contributed by atoms with E-state index in [4.69, 9.17) is 0 Å². The molecule has 0 amide bonds. The van der Waals surface area contributed by atoms with Gasteiger partial charge in [0.1, 0.15) is 7.28 Å². The summed E-state index contributed by atoms with van der Waals surface area (Å²) in [7, 11) is 2.53. The van der Waals surface area contributed by atoms with Crippen molar-refractivity contribution in [1.82, 2.24) is 0 Å². The van der Waals surface area contributed by atoms with E-state index < -0.39 is 0 Å². The summed E-state index contributed by atoms with van der Waals surface area (Å²) in [6.07, 6.45) is 6.50. The molecule has 0 unspecified atom stereocenters. The Morgan fingerprint density at radius 3 is 1.79 bits per heavy atom. The summed E-state index contributed by atoms with van der Waals surface area (Å²) in [5.41, 5.74) is 0.500. The van der Waals surface area contributed by atoms with E-state index in [-0.39, 0.29) is 0 Å². The highest BCUT2D eigenvalue weighted by atomic mass is 14.2. The van der Waals surface area contributed by atoms with Crippen LogP contribution in [0.4, 0.5) is 0 Å². The molecule has 0 aromatic carbocycles. The van der Waals surface area contributed by atoms with Gasteiger partial charge in [-0.25, -0.2) is 0 Å². The lowest BCUT2D eigenvalue weighted by Gasteiger charge is -2.30. The molecular weight excluding hydrogens is 167 g/mol. The summed E-state index contributed by atoms with van der Waals surface area (Å²) in [6, 6.07) is 0. The molecule has 0 atom stereocenters. The fourth-order valence-corrected chi connectivity index (χ4v) is 2.08. The van der Waals surface area contributed by atoms with Gasteiger partial charge in [0.05, 0.1) is 0 Å². The van der Waals surface area contributed by atoms with E-state index in [1.807, 2.05) is 0 Å². The Morgan fingerprint density at radius 2 is 1.36 bits per heavy atom. The average molecular weight is 195 g/mol. The zero-order valence-electron chi connectivity index (χ0n) is 11.1. The van der Waals surface area contributed by atoms with Crippen molar-refractivity contribution in [2.24, 2.45) is 5.41 Å². The zero-order chi connectivity index (χ0) is 11.2. The summed E-state index contributed by atoms with van der Waals surface area (Å²) in [5.74, 6) is 0. The van der Waals surface area contributed by atoms with Crippen LogP contribution in [0.25, 0.3) is 0 Å². The molecule has 0 heterocycles. The Labute approximate surface area is 92.1 Å². The molecule has 1 radical (unpaired) electrons. The molecule has 0 spiro atoms. The lowest BCUT2D eigenvalue weighted by Crippen LogP contribution is -2.20. The average Bonchev–Trinajstić information content (AvgIpc) is 2.01. The molecule has 14 heavy (non-hydrogen) atoms. The van der Waals surface area contributed by atoms with E-state index in [0.717, 1.165) is 0 Å². The monoisotopic (exact) mass is 195 g/mol. The van der Waals surface area contributed by atoms with Crippen molar-refractivity contribution in [2.45, 2.75) is 78.9 Å². The Bertz CT molecular complexity index is 129. The Balaban J connectivity index is 3.90. The summed E-state index contributed by atoms with van der Waals surface area (Å²) in [4.78, 5) is 0. The SMILES string of the molecule is CCCC(C)(C)[B]CC(C)(C)CCC. The maximum Gasteiger partial charge on any atom is 0.117 e. The van der Waals surface area contributed by atoms with E-state index >= 15 is 0 Å².